The third-order valence-corrected chi connectivity index (χ3v) is 5.36. The van der Waals surface area contributed by atoms with Gasteiger partial charge in [-0.15, -0.1) is 0 Å². The van der Waals surface area contributed by atoms with Crippen molar-refractivity contribution in [2.75, 3.05) is 23.7 Å². The van der Waals surface area contributed by atoms with Crippen LogP contribution in [0.3, 0.4) is 0 Å². The average Bonchev–Trinajstić information content (AvgIpc) is 2.65. The molecule has 0 spiro atoms. The van der Waals surface area contributed by atoms with Crippen LogP contribution in [0.25, 0.3) is 0 Å². The number of anilines is 1. The minimum Gasteiger partial charge on any atom is -0.494 e. The molecule has 0 saturated heterocycles. The number of hydrogen-bond acceptors (Lipinski definition) is 4. The number of benzene rings is 2. The van der Waals surface area contributed by atoms with Gasteiger partial charge in [-0.2, -0.15) is 0 Å². The van der Waals surface area contributed by atoms with Crippen molar-refractivity contribution < 1.29 is 17.9 Å². The van der Waals surface area contributed by atoms with E-state index >= 15 is 0 Å². The molecule has 0 fully saturated rings. The highest BCUT2D eigenvalue weighted by atomic mass is 32.2. The van der Waals surface area contributed by atoms with Crippen LogP contribution >= 0.6 is 0 Å². The maximum atomic E-state index is 12.5. The summed E-state index contributed by atoms with van der Waals surface area (Å²) in [5.74, 6) is 0.220. The van der Waals surface area contributed by atoms with E-state index < -0.39 is 10.0 Å². The quantitative estimate of drug-likeness (QED) is 0.661. The van der Waals surface area contributed by atoms with Crippen LogP contribution in [0.2, 0.25) is 0 Å². The Labute approximate surface area is 167 Å². The Morgan fingerprint density at radius 1 is 1.14 bits per heavy atom. The van der Waals surface area contributed by atoms with Crippen LogP contribution in [0.15, 0.2) is 54.6 Å². The highest BCUT2D eigenvalue weighted by Crippen LogP contribution is 2.23. The minimum absolute atomic E-state index is 0.0659. The van der Waals surface area contributed by atoms with Crippen molar-refractivity contribution in [3.63, 3.8) is 0 Å². The molecule has 1 atom stereocenters. The molecular weight excluding hydrogens is 376 g/mol. The van der Waals surface area contributed by atoms with Gasteiger partial charge in [-0.05, 0) is 44.4 Å². The summed E-state index contributed by atoms with van der Waals surface area (Å²) in [5, 5.41) is 2.89. The van der Waals surface area contributed by atoms with Gasteiger partial charge in [0.2, 0.25) is 15.9 Å². The van der Waals surface area contributed by atoms with Crippen molar-refractivity contribution in [2.45, 2.75) is 32.7 Å². The first kappa shape index (κ1) is 21.8. The minimum atomic E-state index is -3.62. The highest BCUT2D eigenvalue weighted by Gasteiger charge is 2.22. The van der Waals surface area contributed by atoms with Gasteiger partial charge in [-0.25, -0.2) is 8.42 Å². The van der Waals surface area contributed by atoms with Gasteiger partial charge in [0, 0.05) is 12.1 Å². The lowest BCUT2D eigenvalue weighted by atomic mass is 10.1. The van der Waals surface area contributed by atoms with E-state index in [0.717, 1.165) is 23.4 Å². The zero-order chi connectivity index (χ0) is 20.6. The fourth-order valence-corrected chi connectivity index (χ4v) is 3.69. The van der Waals surface area contributed by atoms with Crippen molar-refractivity contribution in [3.8, 4) is 5.75 Å². The number of amides is 1. The summed E-state index contributed by atoms with van der Waals surface area (Å²) < 4.78 is 31.0. The molecule has 0 aliphatic carbocycles. The summed E-state index contributed by atoms with van der Waals surface area (Å²) in [6, 6.07) is 16.7. The van der Waals surface area contributed by atoms with Crippen molar-refractivity contribution in [1.29, 1.82) is 0 Å². The lowest BCUT2D eigenvalue weighted by molar-refractivity contribution is -0.120. The number of nitrogens with zero attached hydrogens (tertiary/aromatic N) is 1. The second-order valence-electron chi connectivity index (χ2n) is 6.69. The molecule has 152 valence electrons. The van der Waals surface area contributed by atoms with Crippen LogP contribution in [0, 0.1) is 0 Å². The Morgan fingerprint density at radius 2 is 1.86 bits per heavy atom. The second kappa shape index (κ2) is 10.1. The van der Waals surface area contributed by atoms with Gasteiger partial charge in [-0.1, -0.05) is 36.4 Å². The Hall–Kier alpha value is -2.54. The van der Waals surface area contributed by atoms with E-state index in [-0.39, 0.29) is 18.5 Å². The Morgan fingerprint density at radius 3 is 2.50 bits per heavy atom. The van der Waals surface area contributed by atoms with E-state index in [4.69, 9.17) is 4.74 Å². The van der Waals surface area contributed by atoms with E-state index in [9.17, 15) is 13.2 Å². The number of carbonyl (C=O) groups is 1. The first-order valence-corrected chi connectivity index (χ1v) is 11.2. The molecule has 0 saturated carbocycles. The predicted molar refractivity (Wildman–Crippen MR) is 112 cm³/mol. The molecule has 28 heavy (non-hydrogen) atoms. The first-order chi connectivity index (χ1) is 13.3. The van der Waals surface area contributed by atoms with E-state index in [2.05, 4.69) is 5.32 Å². The lowest BCUT2D eigenvalue weighted by Gasteiger charge is -2.23. The standard InChI is InChI=1S/C21H28N2O4S/c1-4-27-20-12-8-11-19(15-20)23(28(3,25)26)16-21(24)22-17(2)13-14-18-9-6-5-7-10-18/h5-12,15,17H,4,13-14,16H2,1-3H3,(H,22,24)/t17-/m1/s1. The van der Waals surface area contributed by atoms with Gasteiger partial charge in [0.25, 0.3) is 0 Å². The maximum absolute atomic E-state index is 12.5. The van der Waals surface area contributed by atoms with Gasteiger partial charge in [-0.3, -0.25) is 9.10 Å². The van der Waals surface area contributed by atoms with E-state index in [0.29, 0.717) is 18.0 Å². The van der Waals surface area contributed by atoms with Crippen molar-refractivity contribution >= 4 is 21.6 Å². The molecule has 0 heterocycles. The lowest BCUT2D eigenvalue weighted by Crippen LogP contribution is -2.43. The molecular formula is C21H28N2O4S. The summed E-state index contributed by atoms with van der Waals surface area (Å²) in [4.78, 5) is 12.5. The number of carbonyl (C=O) groups excluding carboxylic acids is 1. The van der Waals surface area contributed by atoms with Gasteiger partial charge in [0.15, 0.2) is 0 Å². The van der Waals surface area contributed by atoms with Gasteiger partial charge >= 0.3 is 0 Å². The zero-order valence-electron chi connectivity index (χ0n) is 16.6. The number of hydrogen-bond donors (Lipinski definition) is 1. The molecule has 1 N–H and O–H groups in total. The summed E-state index contributed by atoms with van der Waals surface area (Å²) in [7, 11) is -3.62. The highest BCUT2D eigenvalue weighted by molar-refractivity contribution is 7.92. The molecule has 2 aromatic rings. The summed E-state index contributed by atoms with van der Waals surface area (Å²) >= 11 is 0. The largest absolute Gasteiger partial charge is 0.494 e. The molecule has 0 aliphatic rings. The molecule has 1 amide bonds. The molecule has 0 bridgehead atoms. The number of nitrogens with one attached hydrogen (secondary N) is 1. The van der Waals surface area contributed by atoms with Gasteiger partial charge < -0.3 is 10.1 Å². The van der Waals surface area contributed by atoms with Crippen LogP contribution in [-0.2, 0) is 21.2 Å². The molecule has 0 radical (unpaired) electrons. The van der Waals surface area contributed by atoms with E-state index in [1.807, 2.05) is 44.2 Å². The summed E-state index contributed by atoms with van der Waals surface area (Å²) in [5.41, 5.74) is 1.61. The van der Waals surface area contributed by atoms with E-state index in [1.165, 1.54) is 5.56 Å². The number of sulfonamides is 1. The van der Waals surface area contributed by atoms with Gasteiger partial charge in [0.1, 0.15) is 12.3 Å². The third-order valence-electron chi connectivity index (χ3n) is 4.22. The Kier molecular flexibility index (Phi) is 7.87. The fraction of sp³-hybridized carbons (Fsp3) is 0.381. The fourth-order valence-electron chi connectivity index (χ4n) is 2.85. The van der Waals surface area contributed by atoms with E-state index in [1.54, 1.807) is 24.3 Å². The topological polar surface area (TPSA) is 75.7 Å². The average molecular weight is 405 g/mol. The smallest absolute Gasteiger partial charge is 0.240 e. The molecule has 2 rings (SSSR count). The Bertz CT molecular complexity index is 869. The molecule has 0 aliphatic heterocycles. The molecule has 6 nitrogen and oxygen atoms in total. The number of rotatable bonds is 10. The third kappa shape index (κ3) is 6.88. The SMILES string of the molecule is CCOc1cccc(N(CC(=O)N[C@H](C)CCc2ccccc2)S(C)(=O)=O)c1. The van der Waals surface area contributed by atoms with Gasteiger partial charge in [0.05, 0.1) is 18.6 Å². The molecule has 0 aromatic heterocycles. The van der Waals surface area contributed by atoms with Crippen molar-refractivity contribution in [3.05, 3.63) is 60.2 Å². The van der Waals surface area contributed by atoms with Crippen LogP contribution < -0.4 is 14.4 Å². The van der Waals surface area contributed by atoms with Crippen LogP contribution in [0.1, 0.15) is 25.8 Å². The molecule has 0 unspecified atom stereocenters. The number of aryl methyl sites for hydroxylation is 1. The zero-order valence-corrected chi connectivity index (χ0v) is 17.4. The van der Waals surface area contributed by atoms with Crippen LogP contribution in [0.5, 0.6) is 5.75 Å². The first-order valence-electron chi connectivity index (χ1n) is 9.33. The van der Waals surface area contributed by atoms with Crippen LogP contribution in [-0.4, -0.2) is 39.8 Å². The predicted octanol–water partition coefficient (Wildman–Crippen LogP) is 2.99. The van der Waals surface area contributed by atoms with Crippen LogP contribution in [0.4, 0.5) is 5.69 Å². The van der Waals surface area contributed by atoms with Crippen molar-refractivity contribution in [2.24, 2.45) is 0 Å². The monoisotopic (exact) mass is 404 g/mol. The number of ether oxygens (including phenoxy) is 1. The maximum Gasteiger partial charge on any atom is 0.240 e. The Balaban J connectivity index is 2.00. The van der Waals surface area contributed by atoms with Crippen molar-refractivity contribution in [1.82, 2.24) is 5.32 Å². The summed E-state index contributed by atoms with van der Waals surface area (Å²) in [6.45, 7) is 3.97. The molecule has 7 heteroatoms. The summed E-state index contributed by atoms with van der Waals surface area (Å²) in [6.07, 6.45) is 2.70. The normalized spacial score (nSPS) is 12.2. The molecule has 2 aromatic carbocycles. The second-order valence-corrected chi connectivity index (χ2v) is 8.60.